The Morgan fingerprint density at radius 2 is 2.04 bits per heavy atom. The largest absolute Gasteiger partial charge is 0.438 e. The van der Waals surface area contributed by atoms with Crippen molar-refractivity contribution in [3.8, 4) is 0 Å². The van der Waals surface area contributed by atoms with Crippen LogP contribution in [0.4, 0.5) is 0 Å². The van der Waals surface area contributed by atoms with E-state index in [2.05, 4.69) is 40.1 Å². The Morgan fingerprint density at radius 3 is 2.88 bits per heavy atom. The highest BCUT2D eigenvalue weighted by molar-refractivity contribution is 5.91. The molecule has 2 aromatic heterocycles. The Hall–Kier alpha value is -2.73. The highest BCUT2D eigenvalue weighted by Crippen LogP contribution is 2.22. The lowest BCUT2D eigenvalue weighted by Gasteiger charge is -2.23. The minimum Gasteiger partial charge on any atom is -0.438 e. The van der Waals surface area contributed by atoms with Crippen molar-refractivity contribution in [2.75, 3.05) is 33.2 Å². The molecule has 134 valence electrons. The van der Waals surface area contributed by atoms with Gasteiger partial charge < -0.3 is 14.2 Å². The zero-order chi connectivity index (χ0) is 17.9. The molecule has 3 heterocycles. The zero-order valence-corrected chi connectivity index (χ0v) is 14.8. The molecule has 6 heteroatoms. The van der Waals surface area contributed by atoms with E-state index in [0.29, 0.717) is 24.8 Å². The fourth-order valence-electron chi connectivity index (χ4n) is 3.73. The Balaban J connectivity index is 1.57. The number of aromatic nitrogens is 2. The molecule has 4 rings (SSSR count). The molecule has 0 radical (unpaired) electrons. The third kappa shape index (κ3) is 3.46. The Bertz CT molecular complexity index is 888. The number of amides is 1. The number of benzene rings is 1. The Labute approximate surface area is 152 Å². The fraction of sp³-hybridized carbons (Fsp3) is 0.350. The topological polar surface area (TPSA) is 62.5 Å². The van der Waals surface area contributed by atoms with Gasteiger partial charge in [-0.3, -0.25) is 9.78 Å². The molecule has 1 atom stereocenters. The van der Waals surface area contributed by atoms with Crippen LogP contribution in [0.25, 0.3) is 10.8 Å². The molecule has 26 heavy (non-hydrogen) atoms. The summed E-state index contributed by atoms with van der Waals surface area (Å²) in [5.74, 6) is 0.556. The zero-order valence-electron chi connectivity index (χ0n) is 14.8. The van der Waals surface area contributed by atoms with Gasteiger partial charge in [-0.1, -0.05) is 24.3 Å². The third-order valence-electron chi connectivity index (χ3n) is 4.99. The summed E-state index contributed by atoms with van der Waals surface area (Å²) in [6.07, 6.45) is 7.53. The third-order valence-corrected chi connectivity index (χ3v) is 4.99. The number of likely N-dealkylation sites (N-methyl/N-ethyl adjacent to an activating group) is 1. The lowest BCUT2D eigenvalue weighted by Crippen LogP contribution is -2.36. The molecule has 0 bridgehead atoms. The summed E-state index contributed by atoms with van der Waals surface area (Å²) in [4.78, 5) is 25.1. The van der Waals surface area contributed by atoms with E-state index in [9.17, 15) is 4.79 Å². The van der Waals surface area contributed by atoms with E-state index in [1.54, 1.807) is 0 Å². The number of hydrogen-bond donors (Lipinski definition) is 0. The number of pyridine rings is 1. The van der Waals surface area contributed by atoms with Gasteiger partial charge in [0, 0.05) is 44.0 Å². The van der Waals surface area contributed by atoms with Gasteiger partial charge in [0.15, 0.2) is 6.39 Å². The monoisotopic (exact) mass is 350 g/mol. The van der Waals surface area contributed by atoms with Crippen LogP contribution in [0.1, 0.15) is 16.1 Å². The second-order valence-electron chi connectivity index (χ2n) is 6.97. The van der Waals surface area contributed by atoms with Gasteiger partial charge >= 0.3 is 0 Å². The van der Waals surface area contributed by atoms with Gasteiger partial charge in [-0.25, -0.2) is 4.98 Å². The van der Waals surface area contributed by atoms with Crippen LogP contribution in [0.3, 0.4) is 0 Å². The molecular formula is C20H22N4O2. The summed E-state index contributed by atoms with van der Waals surface area (Å²) in [6.45, 7) is 3.20. The van der Waals surface area contributed by atoms with Crippen molar-refractivity contribution in [3.63, 3.8) is 0 Å². The van der Waals surface area contributed by atoms with Crippen LogP contribution in [0.15, 0.2) is 53.7 Å². The Kier molecular flexibility index (Phi) is 4.67. The number of rotatable bonds is 3. The molecule has 1 amide bonds. The number of fused-ring (bicyclic) bond motifs is 1. The van der Waals surface area contributed by atoms with E-state index in [-0.39, 0.29) is 5.91 Å². The lowest BCUT2D eigenvalue weighted by molar-refractivity contribution is 0.0714. The van der Waals surface area contributed by atoms with Crippen molar-refractivity contribution in [1.82, 2.24) is 19.8 Å². The maximum absolute atomic E-state index is 12.7. The van der Waals surface area contributed by atoms with Crippen LogP contribution in [-0.2, 0) is 6.42 Å². The number of carbonyl (C=O) groups is 1. The first-order chi connectivity index (χ1) is 12.7. The van der Waals surface area contributed by atoms with Gasteiger partial charge in [0.1, 0.15) is 0 Å². The second-order valence-corrected chi connectivity index (χ2v) is 6.97. The first kappa shape index (κ1) is 16.7. The van der Waals surface area contributed by atoms with E-state index in [1.807, 2.05) is 23.4 Å². The van der Waals surface area contributed by atoms with Crippen molar-refractivity contribution >= 4 is 16.7 Å². The first-order valence-corrected chi connectivity index (χ1v) is 8.88. The molecule has 1 aliphatic heterocycles. The van der Waals surface area contributed by atoms with Gasteiger partial charge in [0.2, 0.25) is 5.76 Å². The molecule has 1 fully saturated rings. The van der Waals surface area contributed by atoms with Crippen LogP contribution >= 0.6 is 0 Å². The van der Waals surface area contributed by atoms with E-state index in [0.717, 1.165) is 24.9 Å². The van der Waals surface area contributed by atoms with Crippen molar-refractivity contribution in [1.29, 1.82) is 0 Å². The van der Waals surface area contributed by atoms with Gasteiger partial charge in [0.05, 0.1) is 6.20 Å². The summed E-state index contributed by atoms with van der Waals surface area (Å²) in [6, 6.07) is 8.32. The molecule has 1 aromatic carbocycles. The summed E-state index contributed by atoms with van der Waals surface area (Å²) < 4.78 is 5.20. The lowest BCUT2D eigenvalue weighted by atomic mass is 9.96. The predicted octanol–water partition coefficient (Wildman–Crippen LogP) is 2.47. The Morgan fingerprint density at radius 1 is 1.15 bits per heavy atom. The number of hydrogen-bond acceptors (Lipinski definition) is 5. The van der Waals surface area contributed by atoms with Crippen LogP contribution < -0.4 is 0 Å². The van der Waals surface area contributed by atoms with Gasteiger partial charge in [0.25, 0.3) is 5.91 Å². The highest BCUT2D eigenvalue weighted by Gasteiger charge is 2.27. The van der Waals surface area contributed by atoms with Crippen molar-refractivity contribution < 1.29 is 9.21 Å². The number of nitrogens with zero attached hydrogens (tertiary/aromatic N) is 4. The molecular weight excluding hydrogens is 328 g/mol. The summed E-state index contributed by atoms with van der Waals surface area (Å²) >= 11 is 0. The molecule has 0 saturated carbocycles. The minimum atomic E-state index is -0.0844. The van der Waals surface area contributed by atoms with E-state index < -0.39 is 0 Å². The van der Waals surface area contributed by atoms with Crippen molar-refractivity contribution in [3.05, 3.63) is 60.6 Å². The smallest absolute Gasteiger partial charge is 0.291 e. The van der Waals surface area contributed by atoms with Gasteiger partial charge in [-0.2, -0.15) is 0 Å². The standard InChI is InChI=1S/C20H22N4O2/c1-23-6-7-24(20(25)19-11-22-14-26-19)13-15(12-23)8-17-10-21-9-16-4-2-3-5-18(16)17/h2-5,9-11,14-15H,6-8,12-13H2,1H3/t15-/m0/s1. The molecule has 0 N–H and O–H groups in total. The maximum atomic E-state index is 12.7. The molecule has 0 aliphatic carbocycles. The number of oxazole rings is 1. The minimum absolute atomic E-state index is 0.0844. The van der Waals surface area contributed by atoms with Gasteiger partial charge in [-0.15, -0.1) is 0 Å². The first-order valence-electron chi connectivity index (χ1n) is 8.88. The van der Waals surface area contributed by atoms with E-state index in [4.69, 9.17) is 4.42 Å². The second kappa shape index (κ2) is 7.25. The fourth-order valence-corrected chi connectivity index (χ4v) is 3.73. The summed E-state index contributed by atoms with van der Waals surface area (Å²) in [5.41, 5.74) is 1.23. The molecule has 3 aromatic rings. The van der Waals surface area contributed by atoms with Crippen molar-refractivity contribution in [2.24, 2.45) is 5.92 Å². The van der Waals surface area contributed by atoms with E-state index >= 15 is 0 Å². The average Bonchev–Trinajstić information content (AvgIpc) is 3.13. The predicted molar refractivity (Wildman–Crippen MR) is 98.8 cm³/mol. The van der Waals surface area contributed by atoms with Crippen LogP contribution in [0.2, 0.25) is 0 Å². The normalized spacial score (nSPS) is 18.8. The van der Waals surface area contributed by atoms with Crippen LogP contribution in [-0.4, -0.2) is 58.9 Å². The molecule has 6 nitrogen and oxygen atoms in total. The molecule has 0 spiro atoms. The molecule has 0 unspecified atom stereocenters. The summed E-state index contributed by atoms with van der Waals surface area (Å²) in [5, 5.41) is 2.39. The SMILES string of the molecule is CN1CCN(C(=O)c2cnco2)C[C@@H](Cc2cncc3ccccc23)C1. The highest BCUT2D eigenvalue weighted by atomic mass is 16.3. The average molecular weight is 350 g/mol. The van der Waals surface area contributed by atoms with E-state index in [1.165, 1.54) is 23.5 Å². The maximum Gasteiger partial charge on any atom is 0.291 e. The van der Waals surface area contributed by atoms with Crippen LogP contribution in [0, 0.1) is 5.92 Å². The molecule has 1 aliphatic rings. The van der Waals surface area contributed by atoms with Gasteiger partial charge in [-0.05, 0) is 30.3 Å². The summed E-state index contributed by atoms with van der Waals surface area (Å²) in [7, 11) is 2.11. The number of carbonyl (C=O) groups excluding carboxylic acids is 1. The molecule has 1 saturated heterocycles. The van der Waals surface area contributed by atoms with Crippen molar-refractivity contribution in [2.45, 2.75) is 6.42 Å². The van der Waals surface area contributed by atoms with Crippen LogP contribution in [0.5, 0.6) is 0 Å². The quantitative estimate of drug-likeness (QED) is 0.726.